The molecule has 3 aromatic rings. The number of carbonyl (C=O) groups excluding carboxylic acids is 1. The van der Waals surface area contributed by atoms with Gasteiger partial charge in [-0.2, -0.15) is 0 Å². The molecular weight excluding hydrogens is 394 g/mol. The second-order valence-corrected chi connectivity index (χ2v) is 10.2. The average Bonchev–Trinajstić information content (AvgIpc) is 3.31. The second kappa shape index (κ2) is 8.38. The molecule has 0 spiro atoms. The van der Waals surface area contributed by atoms with Gasteiger partial charge in [0.15, 0.2) is 0 Å². The van der Waals surface area contributed by atoms with E-state index in [1.165, 1.54) is 56.1 Å². The van der Waals surface area contributed by atoms with Gasteiger partial charge in [-0.25, -0.2) is 4.98 Å². The number of nitrogens with zero attached hydrogens (tertiary/aromatic N) is 2. The predicted octanol–water partition coefficient (Wildman–Crippen LogP) is 6.02. The normalized spacial score (nSPS) is 23.7. The number of aromatic nitrogens is 2. The Bertz CT molecular complexity index is 1130. The maximum atomic E-state index is 13.5. The van der Waals surface area contributed by atoms with E-state index in [1.807, 2.05) is 18.2 Å². The highest BCUT2D eigenvalue weighted by molar-refractivity contribution is 5.97. The lowest BCUT2D eigenvalue weighted by Gasteiger charge is -2.45. The highest BCUT2D eigenvalue weighted by atomic mass is 16.2. The van der Waals surface area contributed by atoms with Crippen molar-refractivity contribution < 1.29 is 4.79 Å². The molecule has 32 heavy (non-hydrogen) atoms. The smallest absolute Gasteiger partial charge is 0.254 e. The largest absolute Gasteiger partial charge is 0.345 e. The van der Waals surface area contributed by atoms with Crippen LogP contribution in [-0.4, -0.2) is 33.4 Å². The quantitative estimate of drug-likeness (QED) is 0.556. The molecule has 2 aromatic carbocycles. The molecule has 1 amide bonds. The van der Waals surface area contributed by atoms with Crippen LogP contribution >= 0.6 is 0 Å². The van der Waals surface area contributed by atoms with Crippen molar-refractivity contribution in [3.8, 4) is 0 Å². The molecule has 1 saturated carbocycles. The molecular formula is C28H33N3O. The van der Waals surface area contributed by atoms with E-state index in [0.29, 0.717) is 12.0 Å². The zero-order chi connectivity index (χ0) is 21.5. The topological polar surface area (TPSA) is 49.0 Å². The molecule has 2 aliphatic carbocycles. The maximum Gasteiger partial charge on any atom is 0.254 e. The van der Waals surface area contributed by atoms with Gasteiger partial charge in [0.1, 0.15) is 0 Å². The molecule has 3 aliphatic rings. The number of hydrogen-bond acceptors (Lipinski definition) is 2. The van der Waals surface area contributed by atoms with Gasteiger partial charge in [-0.05, 0) is 72.9 Å². The highest BCUT2D eigenvalue weighted by Crippen LogP contribution is 2.42. The molecule has 2 fully saturated rings. The predicted molar refractivity (Wildman–Crippen MR) is 128 cm³/mol. The van der Waals surface area contributed by atoms with E-state index in [2.05, 4.69) is 33.1 Å². The molecule has 1 aromatic heterocycles. The number of imidazole rings is 1. The van der Waals surface area contributed by atoms with E-state index in [9.17, 15) is 4.79 Å². The van der Waals surface area contributed by atoms with E-state index in [-0.39, 0.29) is 5.91 Å². The number of aromatic amines is 1. The number of H-pyrrole nitrogens is 1. The van der Waals surface area contributed by atoms with Crippen molar-refractivity contribution in [3.63, 3.8) is 0 Å². The van der Waals surface area contributed by atoms with E-state index >= 15 is 0 Å². The molecule has 2 heterocycles. The third-order valence-electron chi connectivity index (χ3n) is 8.27. The van der Waals surface area contributed by atoms with Crippen molar-refractivity contribution >= 4 is 16.9 Å². The fraction of sp³-hybridized carbons (Fsp3) is 0.500. The zero-order valence-electron chi connectivity index (χ0n) is 18.9. The lowest BCUT2D eigenvalue weighted by Crippen LogP contribution is -2.49. The van der Waals surface area contributed by atoms with E-state index in [0.717, 1.165) is 48.3 Å². The summed E-state index contributed by atoms with van der Waals surface area (Å²) in [4.78, 5) is 23.1. The van der Waals surface area contributed by atoms with Crippen molar-refractivity contribution in [1.29, 1.82) is 0 Å². The molecule has 4 heteroatoms. The Morgan fingerprint density at radius 3 is 2.81 bits per heavy atom. The first kappa shape index (κ1) is 20.0. The molecule has 1 saturated heterocycles. The number of rotatable bonds is 3. The van der Waals surface area contributed by atoms with Crippen LogP contribution in [0.1, 0.15) is 84.3 Å². The number of piperidine rings is 1. The summed E-state index contributed by atoms with van der Waals surface area (Å²) in [5, 5.41) is 0. The monoisotopic (exact) mass is 427 g/mol. The van der Waals surface area contributed by atoms with Gasteiger partial charge in [0, 0.05) is 24.1 Å². The van der Waals surface area contributed by atoms with Crippen LogP contribution in [-0.2, 0) is 12.8 Å². The SMILES string of the molecule is O=C(c1ccc2nc[nH]c2c1)N1CCC[C@@H]2c3ccc(CC4CCCCC4)cc3CC[C@@H]21. The number of aryl methyl sites for hydroxylation is 1. The minimum atomic E-state index is 0.175. The van der Waals surface area contributed by atoms with Gasteiger partial charge in [-0.1, -0.05) is 50.3 Å². The van der Waals surface area contributed by atoms with E-state index < -0.39 is 0 Å². The Labute approximate surface area is 190 Å². The lowest BCUT2D eigenvalue weighted by molar-refractivity contribution is 0.0547. The Hall–Kier alpha value is -2.62. The molecule has 166 valence electrons. The van der Waals surface area contributed by atoms with E-state index in [1.54, 1.807) is 11.9 Å². The second-order valence-electron chi connectivity index (χ2n) is 10.2. The Morgan fingerprint density at radius 2 is 1.91 bits per heavy atom. The molecule has 6 rings (SSSR count). The molecule has 1 N–H and O–H groups in total. The number of carbonyl (C=O) groups is 1. The summed E-state index contributed by atoms with van der Waals surface area (Å²) in [7, 11) is 0. The first-order chi connectivity index (χ1) is 15.8. The standard InChI is InChI=1S/C28H33N3O/c32-28(22-9-12-25-26(17-22)30-18-29-25)31-14-4-7-24-23-11-8-20(15-19-5-2-1-3-6-19)16-21(23)10-13-27(24)31/h8-9,11-12,16-19,24,27H,1-7,10,13-15H2,(H,29,30)/t24-,27+/m1/s1. The summed E-state index contributed by atoms with van der Waals surface area (Å²) in [6.07, 6.45) is 14.5. The molecule has 0 radical (unpaired) electrons. The van der Waals surface area contributed by atoms with Gasteiger partial charge in [0.2, 0.25) is 0 Å². The van der Waals surface area contributed by atoms with Gasteiger partial charge >= 0.3 is 0 Å². The van der Waals surface area contributed by atoms with Crippen LogP contribution in [0.2, 0.25) is 0 Å². The van der Waals surface area contributed by atoms with Gasteiger partial charge in [-0.15, -0.1) is 0 Å². The fourth-order valence-corrected chi connectivity index (χ4v) is 6.66. The summed E-state index contributed by atoms with van der Waals surface area (Å²) in [6.45, 7) is 0.871. The van der Waals surface area contributed by atoms with Crippen LogP contribution in [0.4, 0.5) is 0 Å². The summed E-state index contributed by atoms with van der Waals surface area (Å²) >= 11 is 0. The van der Waals surface area contributed by atoms with Crippen LogP contribution in [0.5, 0.6) is 0 Å². The summed E-state index contributed by atoms with van der Waals surface area (Å²) < 4.78 is 0. The summed E-state index contributed by atoms with van der Waals surface area (Å²) in [5.74, 6) is 1.54. The Morgan fingerprint density at radius 1 is 1.00 bits per heavy atom. The highest BCUT2D eigenvalue weighted by Gasteiger charge is 2.38. The van der Waals surface area contributed by atoms with Crippen LogP contribution < -0.4 is 0 Å². The number of nitrogens with one attached hydrogen (secondary N) is 1. The molecule has 2 atom stereocenters. The van der Waals surface area contributed by atoms with E-state index in [4.69, 9.17) is 0 Å². The Balaban J connectivity index is 1.22. The van der Waals surface area contributed by atoms with Crippen LogP contribution in [0.25, 0.3) is 11.0 Å². The minimum Gasteiger partial charge on any atom is -0.345 e. The van der Waals surface area contributed by atoms with Crippen molar-refractivity contribution in [3.05, 3.63) is 65.0 Å². The zero-order valence-corrected chi connectivity index (χ0v) is 18.9. The van der Waals surface area contributed by atoms with Crippen LogP contribution in [0.15, 0.2) is 42.7 Å². The van der Waals surface area contributed by atoms with Gasteiger partial charge in [0.25, 0.3) is 5.91 Å². The maximum absolute atomic E-state index is 13.5. The first-order valence-electron chi connectivity index (χ1n) is 12.6. The Kier molecular flexibility index (Phi) is 5.24. The number of likely N-dealkylation sites (tertiary alicyclic amines) is 1. The lowest BCUT2D eigenvalue weighted by atomic mass is 9.73. The summed E-state index contributed by atoms with van der Waals surface area (Å²) in [6, 6.07) is 13.5. The number of fused-ring (bicyclic) bond motifs is 4. The van der Waals surface area contributed by atoms with Crippen molar-refractivity contribution in [2.24, 2.45) is 5.92 Å². The van der Waals surface area contributed by atoms with Gasteiger partial charge in [-0.3, -0.25) is 4.79 Å². The van der Waals surface area contributed by atoms with Crippen molar-refractivity contribution in [1.82, 2.24) is 14.9 Å². The van der Waals surface area contributed by atoms with Gasteiger partial charge < -0.3 is 9.88 Å². The molecule has 0 unspecified atom stereocenters. The third kappa shape index (κ3) is 3.64. The van der Waals surface area contributed by atoms with Gasteiger partial charge in [0.05, 0.1) is 17.4 Å². The number of hydrogen-bond donors (Lipinski definition) is 1. The fourth-order valence-electron chi connectivity index (χ4n) is 6.66. The minimum absolute atomic E-state index is 0.175. The third-order valence-corrected chi connectivity index (χ3v) is 8.27. The average molecular weight is 428 g/mol. The van der Waals surface area contributed by atoms with Crippen molar-refractivity contribution in [2.45, 2.75) is 76.2 Å². The number of amides is 1. The molecule has 4 nitrogen and oxygen atoms in total. The molecule has 0 bridgehead atoms. The number of benzene rings is 2. The first-order valence-corrected chi connectivity index (χ1v) is 12.6. The summed E-state index contributed by atoms with van der Waals surface area (Å²) in [5.41, 5.74) is 7.21. The van der Waals surface area contributed by atoms with Crippen LogP contribution in [0.3, 0.4) is 0 Å². The van der Waals surface area contributed by atoms with Crippen LogP contribution in [0, 0.1) is 5.92 Å². The molecule has 1 aliphatic heterocycles. The van der Waals surface area contributed by atoms with Crippen molar-refractivity contribution in [2.75, 3.05) is 6.54 Å².